The normalized spacial score (nSPS) is 13.0. The standard InChI is InChI=1S/C20H21NO7S2/c1-26-17-11-10-16(13-19(17)27-2)30(24,25)21-14-20(18-9-6-12-28-18)29(22,23)15-7-4-3-5-8-15/h3-13,20-21H,14H2,1-2H3/t20-/m1/s1. The van der Waals surface area contributed by atoms with Crippen LogP contribution in [-0.4, -0.2) is 37.6 Å². The van der Waals surface area contributed by atoms with Crippen LogP contribution in [0, 0.1) is 0 Å². The zero-order chi connectivity index (χ0) is 21.8. The van der Waals surface area contributed by atoms with Crippen LogP contribution in [0.15, 0.2) is 81.1 Å². The van der Waals surface area contributed by atoms with Crippen molar-refractivity contribution >= 4 is 19.9 Å². The van der Waals surface area contributed by atoms with Crippen LogP contribution in [-0.2, 0) is 19.9 Å². The number of hydrogen-bond donors (Lipinski definition) is 1. The molecule has 0 saturated carbocycles. The number of sulfonamides is 1. The zero-order valence-corrected chi connectivity index (χ0v) is 17.9. The summed E-state index contributed by atoms with van der Waals surface area (Å²) in [5.41, 5.74) is 0. The van der Waals surface area contributed by atoms with Gasteiger partial charge in [0.05, 0.1) is 30.3 Å². The van der Waals surface area contributed by atoms with Crippen molar-refractivity contribution in [3.05, 3.63) is 72.7 Å². The van der Waals surface area contributed by atoms with Gasteiger partial charge in [-0.25, -0.2) is 21.6 Å². The third-order valence-corrected chi connectivity index (χ3v) is 7.93. The number of nitrogens with one attached hydrogen (secondary N) is 1. The monoisotopic (exact) mass is 451 g/mol. The lowest BCUT2D eigenvalue weighted by Crippen LogP contribution is -2.32. The fourth-order valence-electron chi connectivity index (χ4n) is 2.86. The minimum absolute atomic E-state index is 0.0664. The van der Waals surface area contributed by atoms with Crippen molar-refractivity contribution in [1.29, 1.82) is 0 Å². The Morgan fingerprint density at radius 1 is 0.867 bits per heavy atom. The lowest BCUT2D eigenvalue weighted by molar-refractivity contribution is 0.354. The summed E-state index contributed by atoms with van der Waals surface area (Å²) in [7, 11) is -5.13. The zero-order valence-electron chi connectivity index (χ0n) is 16.3. The summed E-state index contributed by atoms with van der Waals surface area (Å²) in [6.07, 6.45) is 1.34. The molecular weight excluding hydrogens is 430 g/mol. The molecule has 0 amide bonds. The maximum atomic E-state index is 13.1. The smallest absolute Gasteiger partial charge is 0.240 e. The molecular formula is C20H21NO7S2. The molecule has 30 heavy (non-hydrogen) atoms. The van der Waals surface area contributed by atoms with Crippen molar-refractivity contribution in [1.82, 2.24) is 4.72 Å². The van der Waals surface area contributed by atoms with E-state index in [1.807, 2.05) is 0 Å². The number of sulfone groups is 1. The molecule has 1 N–H and O–H groups in total. The summed E-state index contributed by atoms with van der Waals surface area (Å²) in [6, 6.07) is 14.9. The Kier molecular flexibility index (Phi) is 6.49. The SMILES string of the molecule is COc1ccc(S(=O)(=O)NC[C@H](c2ccco2)S(=O)(=O)c2ccccc2)cc1OC. The topological polar surface area (TPSA) is 112 Å². The fourth-order valence-corrected chi connectivity index (χ4v) is 5.64. The van der Waals surface area contributed by atoms with Gasteiger partial charge in [-0.3, -0.25) is 0 Å². The molecule has 10 heteroatoms. The predicted molar refractivity (Wildman–Crippen MR) is 110 cm³/mol. The second-order valence-electron chi connectivity index (χ2n) is 6.23. The van der Waals surface area contributed by atoms with E-state index in [0.717, 1.165) is 0 Å². The molecule has 3 rings (SSSR count). The molecule has 0 bridgehead atoms. The molecule has 160 valence electrons. The van der Waals surface area contributed by atoms with Crippen LogP contribution in [0.4, 0.5) is 0 Å². The highest BCUT2D eigenvalue weighted by Gasteiger charge is 2.33. The van der Waals surface area contributed by atoms with E-state index in [9.17, 15) is 16.8 Å². The number of methoxy groups -OCH3 is 2. The molecule has 0 spiro atoms. The first-order valence-corrected chi connectivity index (χ1v) is 11.9. The average Bonchev–Trinajstić information content (AvgIpc) is 3.28. The van der Waals surface area contributed by atoms with Crippen molar-refractivity contribution < 1.29 is 30.7 Å². The predicted octanol–water partition coefficient (Wildman–Crippen LogP) is 2.79. The number of hydrogen-bond acceptors (Lipinski definition) is 7. The molecule has 0 aliphatic carbocycles. The first kappa shape index (κ1) is 21.9. The van der Waals surface area contributed by atoms with Gasteiger partial charge in [0.1, 0.15) is 11.0 Å². The highest BCUT2D eigenvalue weighted by Crippen LogP contribution is 2.31. The van der Waals surface area contributed by atoms with Gasteiger partial charge in [-0.05, 0) is 36.4 Å². The molecule has 0 radical (unpaired) electrons. The van der Waals surface area contributed by atoms with E-state index in [2.05, 4.69) is 4.72 Å². The quantitative estimate of drug-likeness (QED) is 0.532. The third kappa shape index (κ3) is 4.50. The molecule has 1 aromatic heterocycles. The van der Waals surface area contributed by atoms with E-state index in [1.54, 1.807) is 24.3 Å². The van der Waals surface area contributed by atoms with E-state index in [4.69, 9.17) is 13.9 Å². The minimum Gasteiger partial charge on any atom is -0.493 e. The van der Waals surface area contributed by atoms with Gasteiger partial charge in [-0.15, -0.1) is 0 Å². The van der Waals surface area contributed by atoms with E-state index in [1.165, 1.54) is 56.9 Å². The Hall–Kier alpha value is -2.82. The van der Waals surface area contributed by atoms with Crippen LogP contribution >= 0.6 is 0 Å². The van der Waals surface area contributed by atoms with E-state index < -0.39 is 31.7 Å². The van der Waals surface area contributed by atoms with Crippen LogP contribution in [0.25, 0.3) is 0 Å². The lowest BCUT2D eigenvalue weighted by atomic mass is 10.3. The second kappa shape index (κ2) is 8.90. The maximum absolute atomic E-state index is 13.1. The van der Waals surface area contributed by atoms with Crippen molar-refractivity contribution in [2.24, 2.45) is 0 Å². The van der Waals surface area contributed by atoms with Gasteiger partial charge < -0.3 is 13.9 Å². The van der Waals surface area contributed by atoms with Crippen molar-refractivity contribution in [3.8, 4) is 11.5 Å². The van der Waals surface area contributed by atoms with Crippen molar-refractivity contribution in [2.75, 3.05) is 20.8 Å². The number of benzene rings is 2. The molecule has 2 aromatic carbocycles. The molecule has 1 heterocycles. The number of rotatable bonds is 9. The molecule has 0 saturated heterocycles. The highest BCUT2D eigenvalue weighted by atomic mass is 32.2. The average molecular weight is 452 g/mol. The summed E-state index contributed by atoms with van der Waals surface area (Å²) in [4.78, 5) is -0.0211. The van der Waals surface area contributed by atoms with Crippen LogP contribution < -0.4 is 14.2 Å². The summed E-state index contributed by atoms with van der Waals surface area (Å²) in [6.45, 7) is -0.415. The van der Waals surface area contributed by atoms with Gasteiger partial charge in [0.2, 0.25) is 10.0 Å². The minimum atomic E-state index is -4.04. The Balaban J connectivity index is 1.91. The Morgan fingerprint density at radius 2 is 1.57 bits per heavy atom. The van der Waals surface area contributed by atoms with Crippen LogP contribution in [0.5, 0.6) is 11.5 Å². The maximum Gasteiger partial charge on any atom is 0.240 e. The largest absolute Gasteiger partial charge is 0.493 e. The van der Waals surface area contributed by atoms with Crippen molar-refractivity contribution in [3.63, 3.8) is 0 Å². The fraction of sp³-hybridized carbons (Fsp3) is 0.200. The van der Waals surface area contributed by atoms with Crippen LogP contribution in [0.1, 0.15) is 11.0 Å². The Bertz CT molecular complexity index is 1190. The van der Waals surface area contributed by atoms with Gasteiger partial charge in [0.15, 0.2) is 21.3 Å². The summed E-state index contributed by atoms with van der Waals surface area (Å²) in [5.74, 6) is 0.741. The summed E-state index contributed by atoms with van der Waals surface area (Å²) < 4.78 is 69.8. The molecule has 8 nitrogen and oxygen atoms in total. The number of furan rings is 1. The molecule has 0 fully saturated rings. The van der Waals surface area contributed by atoms with Crippen molar-refractivity contribution in [2.45, 2.75) is 15.0 Å². The number of ether oxygens (including phenoxy) is 2. The molecule has 0 unspecified atom stereocenters. The van der Waals surface area contributed by atoms with Gasteiger partial charge in [-0.1, -0.05) is 18.2 Å². The van der Waals surface area contributed by atoms with E-state index in [0.29, 0.717) is 5.75 Å². The van der Waals surface area contributed by atoms with E-state index >= 15 is 0 Å². The Morgan fingerprint density at radius 3 is 2.17 bits per heavy atom. The summed E-state index contributed by atoms with van der Waals surface area (Å²) in [5, 5.41) is -1.25. The van der Waals surface area contributed by atoms with Gasteiger partial charge in [0, 0.05) is 12.6 Å². The highest BCUT2D eigenvalue weighted by molar-refractivity contribution is 7.92. The second-order valence-corrected chi connectivity index (χ2v) is 10.1. The molecule has 0 aliphatic rings. The third-order valence-electron chi connectivity index (χ3n) is 4.43. The van der Waals surface area contributed by atoms with E-state index in [-0.39, 0.29) is 21.3 Å². The lowest BCUT2D eigenvalue weighted by Gasteiger charge is -2.17. The molecule has 1 atom stereocenters. The van der Waals surface area contributed by atoms with Gasteiger partial charge in [0.25, 0.3) is 0 Å². The van der Waals surface area contributed by atoms with Crippen LogP contribution in [0.3, 0.4) is 0 Å². The molecule has 0 aliphatic heterocycles. The Labute approximate surface area is 175 Å². The first-order chi connectivity index (χ1) is 14.3. The van der Waals surface area contributed by atoms with Gasteiger partial charge >= 0.3 is 0 Å². The molecule has 3 aromatic rings. The summed E-state index contributed by atoms with van der Waals surface area (Å²) >= 11 is 0. The van der Waals surface area contributed by atoms with Gasteiger partial charge in [-0.2, -0.15) is 0 Å². The van der Waals surface area contributed by atoms with Crippen LogP contribution in [0.2, 0.25) is 0 Å². The first-order valence-electron chi connectivity index (χ1n) is 8.83.